The predicted molar refractivity (Wildman–Crippen MR) is 75.8 cm³/mol. The van der Waals surface area contributed by atoms with E-state index in [9.17, 15) is 0 Å². The van der Waals surface area contributed by atoms with E-state index in [0.29, 0.717) is 17.8 Å². The molecule has 4 aliphatic heterocycles. The van der Waals surface area contributed by atoms with Crippen LogP contribution in [0.1, 0.15) is 39.5 Å². The lowest BCUT2D eigenvalue weighted by atomic mass is 9.60. The minimum absolute atomic E-state index is 0.324. The van der Waals surface area contributed by atoms with Crippen LogP contribution in [0, 0.1) is 17.8 Å². The monoisotopic (exact) mass is 344 g/mol. The highest BCUT2D eigenvalue weighted by atomic mass is 79.9. The molecule has 0 aromatic carbocycles. The van der Waals surface area contributed by atoms with E-state index in [4.69, 9.17) is 19.2 Å². The molecule has 0 aromatic rings. The van der Waals surface area contributed by atoms with Crippen LogP contribution < -0.4 is 0 Å². The fourth-order valence-electron chi connectivity index (χ4n) is 4.55. The zero-order valence-corrected chi connectivity index (χ0v) is 13.5. The summed E-state index contributed by atoms with van der Waals surface area (Å²) in [6.07, 6.45) is 5.80. The highest BCUT2D eigenvalue weighted by Gasteiger charge is 2.67. The average molecular weight is 345 g/mol. The highest BCUT2D eigenvalue weighted by Crippen LogP contribution is 2.59. The van der Waals surface area contributed by atoms with Crippen LogP contribution in [-0.4, -0.2) is 23.0 Å². The summed E-state index contributed by atoms with van der Waals surface area (Å²) < 4.78 is 12.1. The quantitative estimate of drug-likeness (QED) is 0.538. The molecule has 0 radical (unpaired) electrons. The lowest BCUT2D eigenvalue weighted by Crippen LogP contribution is -2.66. The Labute approximate surface area is 127 Å². The van der Waals surface area contributed by atoms with Gasteiger partial charge in [0, 0.05) is 23.6 Å². The first-order chi connectivity index (χ1) is 9.59. The van der Waals surface area contributed by atoms with Gasteiger partial charge in [0.2, 0.25) is 12.1 Å². The van der Waals surface area contributed by atoms with Gasteiger partial charge in [-0.25, -0.2) is 9.78 Å². The predicted octanol–water partition coefficient (Wildman–Crippen LogP) is 3.51. The van der Waals surface area contributed by atoms with Gasteiger partial charge in [0.1, 0.15) is 0 Å². The van der Waals surface area contributed by atoms with E-state index in [1.165, 1.54) is 12.0 Å². The minimum Gasteiger partial charge on any atom is -0.469 e. The molecular formula is C15H21BrO4. The van der Waals surface area contributed by atoms with Crippen molar-refractivity contribution < 1.29 is 19.2 Å². The first-order valence-corrected chi connectivity index (χ1v) is 8.66. The number of hydrogen-bond donors (Lipinski definition) is 0. The standard InChI is InChI=1S/C15H21BrO4/c1-9-3-4-12-10(7-16)8-17-13-15(12)11(9)5-6-14(2,18-13)19-20-15/h8-9,11-13H,3-7H2,1-2H3/t9-,11+,12+,13-,14-,15-/m1/s1. The molecule has 0 N–H and O–H groups in total. The van der Waals surface area contributed by atoms with E-state index in [0.717, 1.165) is 24.6 Å². The van der Waals surface area contributed by atoms with Gasteiger partial charge < -0.3 is 9.47 Å². The van der Waals surface area contributed by atoms with Crippen molar-refractivity contribution in [2.45, 2.75) is 57.2 Å². The van der Waals surface area contributed by atoms with Crippen molar-refractivity contribution in [2.24, 2.45) is 17.8 Å². The van der Waals surface area contributed by atoms with Gasteiger partial charge in [-0.2, -0.15) is 0 Å². The van der Waals surface area contributed by atoms with Crippen LogP contribution in [0.15, 0.2) is 11.8 Å². The van der Waals surface area contributed by atoms with Crippen LogP contribution in [0.3, 0.4) is 0 Å². The van der Waals surface area contributed by atoms with Gasteiger partial charge in [-0.3, -0.25) is 0 Å². The second-order valence-corrected chi connectivity index (χ2v) is 7.38. The minimum atomic E-state index is -0.669. The summed E-state index contributed by atoms with van der Waals surface area (Å²) in [6.45, 7) is 4.27. The molecule has 5 aliphatic rings. The summed E-state index contributed by atoms with van der Waals surface area (Å²) in [5.41, 5.74) is 0.793. The Morgan fingerprint density at radius 1 is 1.30 bits per heavy atom. The molecule has 6 atom stereocenters. The smallest absolute Gasteiger partial charge is 0.235 e. The van der Waals surface area contributed by atoms with Crippen molar-refractivity contribution in [1.29, 1.82) is 0 Å². The molecule has 4 heterocycles. The molecule has 2 bridgehead atoms. The molecular weight excluding hydrogens is 324 g/mol. The molecule has 0 aromatic heterocycles. The molecule has 1 aliphatic carbocycles. The van der Waals surface area contributed by atoms with E-state index in [1.54, 1.807) is 0 Å². The number of rotatable bonds is 1. The van der Waals surface area contributed by atoms with Gasteiger partial charge >= 0.3 is 0 Å². The average Bonchev–Trinajstić information content (AvgIpc) is 2.67. The highest BCUT2D eigenvalue weighted by molar-refractivity contribution is 9.09. The molecule has 5 heteroatoms. The molecule has 4 nitrogen and oxygen atoms in total. The third-order valence-corrected chi connectivity index (χ3v) is 6.31. The fraction of sp³-hybridized carbons (Fsp3) is 0.867. The topological polar surface area (TPSA) is 36.9 Å². The molecule has 4 fully saturated rings. The zero-order chi connectivity index (χ0) is 14.0. The van der Waals surface area contributed by atoms with Crippen molar-refractivity contribution >= 4 is 15.9 Å². The number of ether oxygens (including phenoxy) is 2. The Hall–Kier alpha value is -0.100. The number of hydrogen-bond acceptors (Lipinski definition) is 4. The van der Waals surface area contributed by atoms with Crippen LogP contribution >= 0.6 is 15.9 Å². The summed E-state index contributed by atoms with van der Waals surface area (Å²) in [7, 11) is 0. The molecule has 1 saturated carbocycles. The molecule has 0 unspecified atom stereocenters. The number of alkyl halides is 1. The van der Waals surface area contributed by atoms with Crippen LogP contribution in [0.25, 0.3) is 0 Å². The Balaban J connectivity index is 1.83. The summed E-state index contributed by atoms with van der Waals surface area (Å²) in [5, 5.41) is 0.813. The van der Waals surface area contributed by atoms with Gasteiger partial charge in [-0.05, 0) is 37.7 Å². The molecule has 1 spiro atoms. The lowest BCUT2D eigenvalue weighted by Gasteiger charge is -2.56. The lowest BCUT2D eigenvalue weighted by molar-refractivity contribution is -0.555. The maximum atomic E-state index is 6.14. The number of halogens is 1. The van der Waals surface area contributed by atoms with Crippen LogP contribution in [0.5, 0.6) is 0 Å². The Bertz CT molecular complexity index is 453. The van der Waals surface area contributed by atoms with Crippen molar-refractivity contribution in [2.75, 3.05) is 5.33 Å². The van der Waals surface area contributed by atoms with Crippen LogP contribution in [0.2, 0.25) is 0 Å². The summed E-state index contributed by atoms with van der Waals surface area (Å²) in [6, 6.07) is 0. The third kappa shape index (κ3) is 1.64. The Morgan fingerprint density at radius 2 is 2.15 bits per heavy atom. The van der Waals surface area contributed by atoms with E-state index >= 15 is 0 Å². The van der Waals surface area contributed by atoms with Crippen molar-refractivity contribution in [3.05, 3.63) is 11.8 Å². The van der Waals surface area contributed by atoms with Gasteiger partial charge in [0.25, 0.3) is 0 Å². The van der Waals surface area contributed by atoms with Gasteiger partial charge in [0.15, 0.2) is 5.60 Å². The second-order valence-electron chi connectivity index (χ2n) is 6.82. The summed E-state index contributed by atoms with van der Waals surface area (Å²) in [5.74, 6) is 0.694. The van der Waals surface area contributed by atoms with Gasteiger partial charge in [-0.1, -0.05) is 22.9 Å². The van der Waals surface area contributed by atoms with Gasteiger partial charge in [-0.15, -0.1) is 0 Å². The molecule has 3 saturated heterocycles. The maximum absolute atomic E-state index is 6.14. The first-order valence-electron chi connectivity index (χ1n) is 7.54. The van der Waals surface area contributed by atoms with Crippen LogP contribution in [-0.2, 0) is 19.2 Å². The fourth-order valence-corrected chi connectivity index (χ4v) is 5.07. The largest absolute Gasteiger partial charge is 0.469 e. The summed E-state index contributed by atoms with van der Waals surface area (Å²) >= 11 is 3.58. The molecule has 5 rings (SSSR count). The first kappa shape index (κ1) is 13.6. The van der Waals surface area contributed by atoms with E-state index in [-0.39, 0.29) is 6.29 Å². The van der Waals surface area contributed by atoms with E-state index < -0.39 is 11.4 Å². The number of fused-ring (bicyclic) bond motifs is 2. The van der Waals surface area contributed by atoms with Crippen molar-refractivity contribution in [1.82, 2.24) is 0 Å². The van der Waals surface area contributed by atoms with Gasteiger partial charge in [0.05, 0.1) is 6.26 Å². The van der Waals surface area contributed by atoms with E-state index in [1.807, 2.05) is 13.2 Å². The van der Waals surface area contributed by atoms with Crippen molar-refractivity contribution in [3.63, 3.8) is 0 Å². The van der Waals surface area contributed by atoms with Crippen molar-refractivity contribution in [3.8, 4) is 0 Å². The molecule has 20 heavy (non-hydrogen) atoms. The second kappa shape index (κ2) is 4.45. The summed E-state index contributed by atoms with van der Waals surface area (Å²) in [4.78, 5) is 11.7. The molecule has 0 amide bonds. The SMILES string of the molecule is C[C@@H]1CC[C@H]2C(CBr)=CO[C@@H]3O[C@@]4(C)CC[C@@H]1[C@]32OO4. The van der Waals surface area contributed by atoms with Crippen LogP contribution in [0.4, 0.5) is 0 Å². The van der Waals surface area contributed by atoms with E-state index in [2.05, 4.69) is 22.9 Å². The Kier molecular flexibility index (Phi) is 3.01. The third-order valence-electron chi connectivity index (χ3n) is 5.66. The Morgan fingerprint density at radius 3 is 2.95 bits per heavy atom. The molecule has 112 valence electrons. The zero-order valence-electron chi connectivity index (χ0n) is 11.9. The maximum Gasteiger partial charge on any atom is 0.235 e. The normalized spacial score (nSPS) is 53.6.